The zero-order chi connectivity index (χ0) is 21.3. The van der Waals surface area contributed by atoms with Gasteiger partial charge >= 0.3 is 0 Å². The zero-order valence-electron chi connectivity index (χ0n) is 17.1. The summed E-state index contributed by atoms with van der Waals surface area (Å²) >= 11 is 0. The van der Waals surface area contributed by atoms with E-state index in [0.717, 1.165) is 16.7 Å². The molecule has 5 heteroatoms. The van der Waals surface area contributed by atoms with Crippen molar-refractivity contribution in [1.82, 2.24) is 5.43 Å². The lowest BCUT2D eigenvalue weighted by Gasteiger charge is -2.07. The van der Waals surface area contributed by atoms with Crippen LogP contribution in [0.25, 0.3) is 0 Å². The number of aryl methyl sites for hydroxylation is 2. The van der Waals surface area contributed by atoms with Crippen LogP contribution < -0.4 is 10.2 Å². The molecule has 3 aromatic carbocycles. The second-order valence-electron chi connectivity index (χ2n) is 7.02. The Labute approximate surface area is 176 Å². The summed E-state index contributed by atoms with van der Waals surface area (Å²) in [6.07, 6.45) is 1.88. The maximum atomic E-state index is 12.1. The van der Waals surface area contributed by atoms with Gasteiger partial charge < -0.3 is 4.74 Å². The van der Waals surface area contributed by atoms with Crippen LogP contribution in [0.2, 0.25) is 0 Å². The van der Waals surface area contributed by atoms with Crippen LogP contribution in [0.1, 0.15) is 33.4 Å². The van der Waals surface area contributed by atoms with Crippen molar-refractivity contribution in [3.63, 3.8) is 0 Å². The molecule has 0 saturated heterocycles. The van der Waals surface area contributed by atoms with Crippen molar-refractivity contribution in [2.45, 2.75) is 26.9 Å². The summed E-state index contributed by atoms with van der Waals surface area (Å²) in [5, 5.41) is 13.2. The highest BCUT2D eigenvalue weighted by atomic mass is 16.5. The fourth-order valence-corrected chi connectivity index (χ4v) is 2.88. The van der Waals surface area contributed by atoms with Crippen molar-refractivity contribution in [3.05, 3.63) is 100 Å². The number of carbonyl (C=O) groups is 1. The molecule has 0 saturated carbocycles. The van der Waals surface area contributed by atoms with Gasteiger partial charge in [-0.25, -0.2) is 5.43 Å². The first-order valence-corrected chi connectivity index (χ1v) is 9.64. The SMILES string of the molecule is Cc1ccc(CC(=O)NN=Cc2ccc(OCc3ccccc3C#N)cc2)cc1C. The minimum Gasteiger partial charge on any atom is -0.489 e. The molecule has 3 aromatic rings. The molecule has 0 fully saturated rings. The van der Waals surface area contributed by atoms with Gasteiger partial charge in [0.05, 0.1) is 24.3 Å². The first-order chi connectivity index (χ1) is 14.5. The monoisotopic (exact) mass is 397 g/mol. The van der Waals surface area contributed by atoms with Gasteiger partial charge in [0.1, 0.15) is 12.4 Å². The standard InChI is InChI=1S/C25H23N3O2/c1-18-7-8-21(13-19(18)2)14-25(29)28-27-16-20-9-11-24(12-10-20)30-17-23-6-4-3-5-22(23)15-26/h3-13,16H,14,17H2,1-2H3,(H,28,29). The van der Waals surface area contributed by atoms with Crippen molar-refractivity contribution in [1.29, 1.82) is 5.26 Å². The van der Waals surface area contributed by atoms with Crippen molar-refractivity contribution < 1.29 is 9.53 Å². The number of benzene rings is 3. The van der Waals surface area contributed by atoms with E-state index >= 15 is 0 Å². The van der Waals surface area contributed by atoms with E-state index in [1.165, 1.54) is 11.1 Å². The molecule has 1 amide bonds. The Bertz CT molecular complexity index is 1100. The third kappa shape index (κ3) is 5.79. The van der Waals surface area contributed by atoms with Crippen molar-refractivity contribution >= 4 is 12.1 Å². The van der Waals surface area contributed by atoms with E-state index in [2.05, 4.69) is 16.6 Å². The van der Waals surface area contributed by atoms with E-state index in [1.54, 1.807) is 12.3 Å². The molecule has 0 bridgehead atoms. The average Bonchev–Trinajstić information content (AvgIpc) is 2.76. The Balaban J connectivity index is 1.50. The summed E-state index contributed by atoms with van der Waals surface area (Å²) in [5.41, 5.74) is 8.19. The molecule has 0 atom stereocenters. The third-order valence-electron chi connectivity index (χ3n) is 4.75. The summed E-state index contributed by atoms with van der Waals surface area (Å²) < 4.78 is 5.75. The minimum atomic E-state index is -0.161. The molecule has 5 nitrogen and oxygen atoms in total. The van der Waals surface area contributed by atoms with Crippen LogP contribution in [-0.2, 0) is 17.8 Å². The lowest BCUT2D eigenvalue weighted by Crippen LogP contribution is -2.19. The van der Waals surface area contributed by atoms with Gasteiger partial charge in [-0.05, 0) is 66.4 Å². The van der Waals surface area contributed by atoms with Crippen molar-refractivity contribution in [3.8, 4) is 11.8 Å². The van der Waals surface area contributed by atoms with Crippen molar-refractivity contribution in [2.75, 3.05) is 0 Å². The number of nitrogens with zero attached hydrogens (tertiary/aromatic N) is 2. The van der Waals surface area contributed by atoms with Gasteiger partial charge in [-0.2, -0.15) is 10.4 Å². The van der Waals surface area contributed by atoms with Crippen LogP contribution in [0.3, 0.4) is 0 Å². The molecular formula is C25H23N3O2. The number of nitriles is 1. The Morgan fingerprint density at radius 2 is 1.83 bits per heavy atom. The van der Waals surface area contributed by atoms with Crippen molar-refractivity contribution in [2.24, 2.45) is 5.10 Å². The van der Waals surface area contributed by atoms with Gasteiger partial charge in [0.25, 0.3) is 0 Å². The summed E-state index contributed by atoms with van der Waals surface area (Å²) in [4.78, 5) is 12.1. The molecule has 3 rings (SSSR count). The largest absolute Gasteiger partial charge is 0.489 e. The van der Waals surface area contributed by atoms with E-state index in [4.69, 9.17) is 10.00 Å². The van der Waals surface area contributed by atoms with Crippen LogP contribution in [0.15, 0.2) is 71.8 Å². The minimum absolute atomic E-state index is 0.161. The second-order valence-corrected chi connectivity index (χ2v) is 7.02. The maximum Gasteiger partial charge on any atom is 0.244 e. The van der Waals surface area contributed by atoms with Crippen LogP contribution in [-0.4, -0.2) is 12.1 Å². The Hall–Kier alpha value is -3.91. The maximum absolute atomic E-state index is 12.1. The highest BCUT2D eigenvalue weighted by Gasteiger charge is 2.04. The summed E-state index contributed by atoms with van der Waals surface area (Å²) in [6, 6.07) is 22.9. The van der Waals surface area contributed by atoms with Gasteiger partial charge in [-0.3, -0.25) is 4.79 Å². The van der Waals surface area contributed by atoms with Crippen LogP contribution in [0.4, 0.5) is 0 Å². The van der Waals surface area contributed by atoms with E-state index in [9.17, 15) is 4.79 Å². The molecule has 0 unspecified atom stereocenters. The second kappa shape index (κ2) is 10.0. The number of amides is 1. The molecule has 0 aromatic heterocycles. The molecule has 0 radical (unpaired) electrons. The number of hydrogen-bond acceptors (Lipinski definition) is 4. The Morgan fingerprint density at radius 3 is 2.57 bits per heavy atom. The normalized spacial score (nSPS) is 10.6. The van der Waals surface area contributed by atoms with Crippen LogP contribution in [0, 0.1) is 25.2 Å². The summed E-state index contributed by atoms with van der Waals surface area (Å²) in [6.45, 7) is 4.40. The first-order valence-electron chi connectivity index (χ1n) is 9.64. The van der Waals surface area contributed by atoms with Gasteiger partial charge in [-0.1, -0.05) is 36.4 Å². The number of rotatable bonds is 7. The number of hydrogen-bond donors (Lipinski definition) is 1. The molecule has 0 aliphatic heterocycles. The topological polar surface area (TPSA) is 74.5 Å². The molecule has 0 aliphatic carbocycles. The van der Waals surface area contributed by atoms with Gasteiger partial charge in [0, 0.05) is 5.56 Å². The smallest absolute Gasteiger partial charge is 0.244 e. The molecule has 0 aliphatic rings. The molecule has 30 heavy (non-hydrogen) atoms. The number of carbonyl (C=O) groups excluding carboxylic acids is 1. The fraction of sp³-hybridized carbons (Fsp3) is 0.160. The zero-order valence-corrected chi connectivity index (χ0v) is 17.1. The number of ether oxygens (including phenoxy) is 1. The van der Waals surface area contributed by atoms with E-state index in [-0.39, 0.29) is 12.3 Å². The van der Waals surface area contributed by atoms with E-state index in [0.29, 0.717) is 17.9 Å². The molecule has 1 N–H and O–H groups in total. The summed E-state index contributed by atoms with van der Waals surface area (Å²) in [7, 11) is 0. The third-order valence-corrected chi connectivity index (χ3v) is 4.75. The number of nitrogens with one attached hydrogen (secondary N) is 1. The van der Waals surface area contributed by atoms with Gasteiger partial charge in [-0.15, -0.1) is 0 Å². The highest BCUT2D eigenvalue weighted by Crippen LogP contribution is 2.15. The lowest BCUT2D eigenvalue weighted by molar-refractivity contribution is -0.120. The Morgan fingerprint density at radius 1 is 1.07 bits per heavy atom. The average molecular weight is 397 g/mol. The van der Waals surface area contributed by atoms with Gasteiger partial charge in [0.2, 0.25) is 5.91 Å². The molecular weight excluding hydrogens is 374 g/mol. The molecule has 0 heterocycles. The summed E-state index contributed by atoms with van der Waals surface area (Å²) in [5.74, 6) is 0.532. The molecule has 0 spiro atoms. The van der Waals surface area contributed by atoms with Crippen LogP contribution in [0.5, 0.6) is 5.75 Å². The predicted molar refractivity (Wildman–Crippen MR) is 117 cm³/mol. The number of hydrazone groups is 1. The molecule has 150 valence electrons. The predicted octanol–water partition coefficient (Wildman–Crippen LogP) is 4.45. The van der Waals surface area contributed by atoms with Crippen LogP contribution >= 0.6 is 0 Å². The highest BCUT2D eigenvalue weighted by molar-refractivity contribution is 5.83. The van der Waals surface area contributed by atoms with E-state index < -0.39 is 0 Å². The quantitative estimate of drug-likeness (QED) is 0.473. The Kier molecular flexibility index (Phi) is 6.96. The van der Waals surface area contributed by atoms with E-state index in [1.807, 2.05) is 74.5 Å². The first kappa shape index (κ1) is 20.8. The fourth-order valence-electron chi connectivity index (χ4n) is 2.88. The lowest BCUT2D eigenvalue weighted by atomic mass is 10.0. The van der Waals surface area contributed by atoms with Gasteiger partial charge in [0.15, 0.2) is 0 Å².